The molecular weight excluding hydrogens is 248 g/mol. The smallest absolute Gasteiger partial charge is 0.105 e. The second-order valence-corrected chi connectivity index (χ2v) is 6.89. The van der Waals surface area contributed by atoms with Gasteiger partial charge < -0.3 is 14.6 Å². The number of nitrogens with one attached hydrogen (secondary N) is 1. The summed E-state index contributed by atoms with van der Waals surface area (Å²) >= 11 is 0. The third-order valence-electron chi connectivity index (χ3n) is 4.88. The van der Waals surface area contributed by atoms with E-state index in [1.807, 2.05) is 6.07 Å². The van der Waals surface area contributed by atoms with Crippen molar-refractivity contribution in [2.24, 2.45) is 5.92 Å². The van der Waals surface area contributed by atoms with Crippen molar-refractivity contribution in [1.29, 1.82) is 0 Å². The average molecular weight is 278 g/mol. The highest BCUT2D eigenvalue weighted by Gasteiger charge is 2.36. The molecule has 1 aliphatic rings. The zero-order chi connectivity index (χ0) is 14.6. The van der Waals surface area contributed by atoms with E-state index in [0.717, 1.165) is 24.6 Å². The van der Waals surface area contributed by atoms with Crippen LogP contribution in [-0.2, 0) is 6.42 Å². The molecule has 0 aliphatic heterocycles. The van der Waals surface area contributed by atoms with Crippen molar-refractivity contribution >= 4 is 0 Å². The normalized spacial score (nSPS) is 28.8. The van der Waals surface area contributed by atoms with Crippen molar-refractivity contribution in [1.82, 2.24) is 10.2 Å². The summed E-state index contributed by atoms with van der Waals surface area (Å²) in [4.78, 5) is 2.44. The molecule has 0 saturated heterocycles. The Bertz CT molecular complexity index is 388. The molecule has 1 aliphatic carbocycles. The lowest BCUT2D eigenvalue weighted by Crippen LogP contribution is -2.55. The minimum atomic E-state index is 0.328. The predicted octanol–water partition coefficient (Wildman–Crippen LogP) is 3.31. The summed E-state index contributed by atoms with van der Waals surface area (Å²) in [7, 11) is 4.47. The van der Waals surface area contributed by atoms with E-state index in [1.54, 1.807) is 6.26 Å². The Kier molecular flexibility index (Phi) is 5.28. The summed E-state index contributed by atoms with van der Waals surface area (Å²) in [6, 6.07) is 4.48. The van der Waals surface area contributed by atoms with Gasteiger partial charge in [-0.15, -0.1) is 0 Å². The van der Waals surface area contributed by atoms with Gasteiger partial charge in [-0.25, -0.2) is 0 Å². The van der Waals surface area contributed by atoms with Crippen LogP contribution in [0.15, 0.2) is 22.8 Å². The first-order valence-corrected chi connectivity index (χ1v) is 7.95. The van der Waals surface area contributed by atoms with Crippen LogP contribution >= 0.6 is 0 Å². The molecular formula is C17H30N2O. The number of likely N-dealkylation sites (N-methyl/N-ethyl adjacent to an activating group) is 1. The van der Waals surface area contributed by atoms with Crippen LogP contribution < -0.4 is 5.32 Å². The molecule has 3 heteroatoms. The van der Waals surface area contributed by atoms with Gasteiger partial charge in [0.2, 0.25) is 0 Å². The fraction of sp³-hybridized carbons (Fsp3) is 0.765. The fourth-order valence-electron chi connectivity index (χ4n) is 3.52. The summed E-state index contributed by atoms with van der Waals surface area (Å²) in [5, 5.41) is 3.73. The molecule has 3 nitrogen and oxygen atoms in total. The van der Waals surface area contributed by atoms with Gasteiger partial charge in [-0.05, 0) is 51.9 Å². The highest BCUT2D eigenvalue weighted by atomic mass is 16.3. The van der Waals surface area contributed by atoms with Gasteiger partial charge in [0.25, 0.3) is 0 Å². The molecule has 0 aromatic carbocycles. The molecule has 1 aromatic heterocycles. The number of nitrogens with zero attached hydrogens (tertiary/aromatic N) is 1. The van der Waals surface area contributed by atoms with Crippen LogP contribution in [0, 0.1) is 5.92 Å². The minimum Gasteiger partial charge on any atom is -0.469 e. The molecule has 1 aromatic rings. The first kappa shape index (κ1) is 15.6. The van der Waals surface area contributed by atoms with Crippen molar-refractivity contribution in [2.75, 3.05) is 20.6 Å². The zero-order valence-corrected chi connectivity index (χ0v) is 13.5. The number of furan rings is 1. The first-order valence-electron chi connectivity index (χ1n) is 7.95. The van der Waals surface area contributed by atoms with Crippen molar-refractivity contribution in [3.63, 3.8) is 0 Å². The second-order valence-electron chi connectivity index (χ2n) is 6.89. The van der Waals surface area contributed by atoms with Crippen LogP contribution in [-0.4, -0.2) is 37.1 Å². The lowest BCUT2D eigenvalue weighted by molar-refractivity contribution is 0.0726. The molecule has 0 bridgehead atoms. The maximum atomic E-state index is 5.44. The van der Waals surface area contributed by atoms with Crippen LogP contribution in [0.2, 0.25) is 0 Å². The monoisotopic (exact) mass is 278 g/mol. The van der Waals surface area contributed by atoms with Gasteiger partial charge in [-0.1, -0.05) is 19.8 Å². The maximum Gasteiger partial charge on any atom is 0.105 e. The third kappa shape index (κ3) is 3.86. The standard InChI is InChI=1S/C17H30N2O/c1-14-7-5-9-17(12-14,19(3)4)13-18-15(2)11-16-8-6-10-20-16/h6,8,10,14-15,18H,5,7,9,11-13H2,1-4H3. The van der Waals surface area contributed by atoms with E-state index >= 15 is 0 Å². The van der Waals surface area contributed by atoms with Gasteiger partial charge in [0.1, 0.15) is 5.76 Å². The SMILES string of the molecule is CC1CCCC(CNC(C)Cc2ccco2)(N(C)C)C1. The zero-order valence-electron chi connectivity index (χ0n) is 13.5. The van der Waals surface area contributed by atoms with E-state index in [0.29, 0.717) is 11.6 Å². The third-order valence-corrected chi connectivity index (χ3v) is 4.88. The van der Waals surface area contributed by atoms with Gasteiger partial charge in [0.05, 0.1) is 6.26 Å². The molecule has 2 rings (SSSR count). The summed E-state index contributed by atoms with van der Waals surface area (Å²) in [5.41, 5.74) is 0.328. The highest BCUT2D eigenvalue weighted by molar-refractivity contribution is 5.01. The predicted molar refractivity (Wildman–Crippen MR) is 83.9 cm³/mol. The van der Waals surface area contributed by atoms with E-state index < -0.39 is 0 Å². The average Bonchev–Trinajstić information content (AvgIpc) is 2.89. The highest BCUT2D eigenvalue weighted by Crippen LogP contribution is 2.35. The largest absolute Gasteiger partial charge is 0.469 e. The molecule has 20 heavy (non-hydrogen) atoms. The second kappa shape index (κ2) is 6.77. The van der Waals surface area contributed by atoms with E-state index in [-0.39, 0.29) is 0 Å². The summed E-state index contributed by atoms with van der Waals surface area (Å²) in [5.74, 6) is 1.91. The molecule has 1 heterocycles. The Hall–Kier alpha value is -0.800. The molecule has 0 spiro atoms. The van der Waals surface area contributed by atoms with Crippen LogP contribution in [0.3, 0.4) is 0 Å². The van der Waals surface area contributed by atoms with E-state index in [2.05, 4.69) is 44.2 Å². The molecule has 114 valence electrons. The van der Waals surface area contributed by atoms with Crippen LogP contribution in [0.25, 0.3) is 0 Å². The summed E-state index contributed by atoms with van der Waals surface area (Å²) in [6.07, 6.45) is 8.08. The Morgan fingerprint density at radius 1 is 1.50 bits per heavy atom. The molecule has 0 radical (unpaired) electrons. The minimum absolute atomic E-state index is 0.328. The van der Waals surface area contributed by atoms with E-state index in [4.69, 9.17) is 4.42 Å². The molecule has 3 unspecified atom stereocenters. The van der Waals surface area contributed by atoms with Gasteiger partial charge in [0.15, 0.2) is 0 Å². The summed E-state index contributed by atoms with van der Waals surface area (Å²) < 4.78 is 5.44. The van der Waals surface area contributed by atoms with Gasteiger partial charge in [0, 0.05) is 24.5 Å². The van der Waals surface area contributed by atoms with Crippen LogP contribution in [0.5, 0.6) is 0 Å². The van der Waals surface area contributed by atoms with Crippen molar-refractivity contribution in [3.8, 4) is 0 Å². The molecule has 1 N–H and O–H groups in total. The molecule has 1 fully saturated rings. The van der Waals surface area contributed by atoms with E-state index in [9.17, 15) is 0 Å². The molecule has 3 atom stereocenters. The van der Waals surface area contributed by atoms with E-state index in [1.165, 1.54) is 25.7 Å². The fourth-order valence-corrected chi connectivity index (χ4v) is 3.52. The molecule has 0 amide bonds. The Morgan fingerprint density at radius 2 is 2.30 bits per heavy atom. The quantitative estimate of drug-likeness (QED) is 0.865. The van der Waals surface area contributed by atoms with Crippen molar-refractivity contribution in [2.45, 2.75) is 57.5 Å². The van der Waals surface area contributed by atoms with Crippen molar-refractivity contribution < 1.29 is 4.42 Å². The Morgan fingerprint density at radius 3 is 2.90 bits per heavy atom. The van der Waals surface area contributed by atoms with Crippen LogP contribution in [0.4, 0.5) is 0 Å². The van der Waals surface area contributed by atoms with Gasteiger partial charge in [-0.3, -0.25) is 0 Å². The topological polar surface area (TPSA) is 28.4 Å². The summed E-state index contributed by atoms with van der Waals surface area (Å²) in [6.45, 7) is 5.72. The maximum absolute atomic E-state index is 5.44. The Labute approximate surface area is 123 Å². The Balaban J connectivity index is 1.88. The van der Waals surface area contributed by atoms with Gasteiger partial charge >= 0.3 is 0 Å². The number of rotatable bonds is 6. The first-order chi connectivity index (χ1) is 9.52. The lowest BCUT2D eigenvalue weighted by atomic mass is 9.75. The van der Waals surface area contributed by atoms with Crippen LogP contribution in [0.1, 0.15) is 45.3 Å². The number of hydrogen-bond acceptors (Lipinski definition) is 3. The molecule has 1 saturated carbocycles. The van der Waals surface area contributed by atoms with Gasteiger partial charge in [-0.2, -0.15) is 0 Å². The van der Waals surface area contributed by atoms with Crippen molar-refractivity contribution in [3.05, 3.63) is 24.2 Å². The number of hydrogen-bond donors (Lipinski definition) is 1. The lowest BCUT2D eigenvalue weighted by Gasteiger charge is -2.46.